The molecule has 0 spiro atoms. The van der Waals surface area contributed by atoms with Crippen LogP contribution >= 0.6 is 11.3 Å². The highest BCUT2D eigenvalue weighted by molar-refractivity contribution is 7.09. The van der Waals surface area contributed by atoms with Crippen molar-refractivity contribution in [1.29, 1.82) is 0 Å². The maximum absolute atomic E-state index is 11.7. The van der Waals surface area contributed by atoms with Gasteiger partial charge in [-0.2, -0.15) is 0 Å². The molecular formula is C13H20N2OS. The van der Waals surface area contributed by atoms with Crippen molar-refractivity contribution >= 4 is 17.2 Å². The largest absolute Gasteiger partial charge is 0.352 e. The van der Waals surface area contributed by atoms with Crippen LogP contribution in [-0.4, -0.2) is 25.0 Å². The highest BCUT2D eigenvalue weighted by Crippen LogP contribution is 2.12. The molecule has 1 aliphatic heterocycles. The van der Waals surface area contributed by atoms with E-state index in [0.29, 0.717) is 12.5 Å². The summed E-state index contributed by atoms with van der Waals surface area (Å²) >= 11 is 1.77. The summed E-state index contributed by atoms with van der Waals surface area (Å²) in [5, 5.41) is 8.49. The summed E-state index contributed by atoms with van der Waals surface area (Å²) in [6.07, 6.45) is 4.90. The molecule has 0 aromatic carbocycles. The topological polar surface area (TPSA) is 41.1 Å². The third-order valence-corrected chi connectivity index (χ3v) is 4.01. The van der Waals surface area contributed by atoms with Crippen LogP contribution in [0.4, 0.5) is 0 Å². The first kappa shape index (κ1) is 12.6. The van der Waals surface area contributed by atoms with Crippen LogP contribution in [-0.2, 0) is 11.2 Å². The third-order valence-electron chi connectivity index (χ3n) is 3.07. The molecule has 0 aliphatic carbocycles. The molecule has 0 unspecified atom stereocenters. The molecule has 17 heavy (non-hydrogen) atoms. The zero-order chi connectivity index (χ0) is 11.9. The lowest BCUT2D eigenvalue weighted by atomic mass is 10.1. The van der Waals surface area contributed by atoms with Crippen molar-refractivity contribution in [1.82, 2.24) is 10.6 Å². The van der Waals surface area contributed by atoms with Crippen molar-refractivity contribution in [2.75, 3.05) is 13.1 Å². The van der Waals surface area contributed by atoms with Gasteiger partial charge >= 0.3 is 0 Å². The number of nitrogens with one attached hydrogen (secondary N) is 2. The Labute approximate surface area is 107 Å². The summed E-state index contributed by atoms with van der Waals surface area (Å²) in [4.78, 5) is 13.1. The highest BCUT2D eigenvalue weighted by Gasteiger charge is 2.14. The number of carbonyl (C=O) groups is 1. The Morgan fingerprint density at radius 1 is 1.59 bits per heavy atom. The summed E-state index contributed by atoms with van der Waals surface area (Å²) in [5.41, 5.74) is 0. The minimum atomic E-state index is 0.204. The monoisotopic (exact) mass is 252 g/mol. The Bertz CT molecular complexity index is 331. The van der Waals surface area contributed by atoms with Gasteiger partial charge in [0.25, 0.3) is 0 Å². The number of aryl methyl sites for hydroxylation is 1. The summed E-state index contributed by atoms with van der Waals surface area (Å²) in [5.74, 6) is 0.204. The van der Waals surface area contributed by atoms with Gasteiger partial charge in [0.2, 0.25) is 5.91 Å². The second-order valence-corrected chi connectivity index (χ2v) is 5.58. The van der Waals surface area contributed by atoms with E-state index < -0.39 is 0 Å². The van der Waals surface area contributed by atoms with E-state index in [0.717, 1.165) is 32.4 Å². The van der Waals surface area contributed by atoms with Crippen LogP contribution in [0.5, 0.6) is 0 Å². The number of thiophene rings is 1. The Morgan fingerprint density at radius 2 is 2.53 bits per heavy atom. The molecule has 0 bridgehead atoms. The van der Waals surface area contributed by atoms with E-state index >= 15 is 0 Å². The van der Waals surface area contributed by atoms with Gasteiger partial charge in [0.15, 0.2) is 0 Å². The van der Waals surface area contributed by atoms with Gasteiger partial charge in [-0.05, 0) is 43.7 Å². The normalized spacial score (nSPS) is 20.1. The van der Waals surface area contributed by atoms with Crippen LogP contribution in [0.1, 0.15) is 30.6 Å². The summed E-state index contributed by atoms with van der Waals surface area (Å²) in [6, 6.07) is 4.54. The quantitative estimate of drug-likeness (QED) is 0.841. The van der Waals surface area contributed by atoms with E-state index in [1.807, 2.05) is 0 Å². The molecule has 2 N–H and O–H groups in total. The lowest BCUT2D eigenvalue weighted by Gasteiger charge is -2.23. The molecule has 1 saturated heterocycles. The minimum Gasteiger partial charge on any atom is -0.352 e. The maximum atomic E-state index is 11.7. The smallest absolute Gasteiger partial charge is 0.220 e. The number of hydrogen-bond donors (Lipinski definition) is 2. The van der Waals surface area contributed by atoms with Crippen LogP contribution in [0.3, 0.4) is 0 Å². The van der Waals surface area contributed by atoms with E-state index in [1.54, 1.807) is 11.3 Å². The van der Waals surface area contributed by atoms with Crippen LogP contribution in [0.25, 0.3) is 0 Å². The van der Waals surface area contributed by atoms with Gasteiger partial charge in [-0.1, -0.05) is 6.07 Å². The average molecular weight is 252 g/mol. The van der Waals surface area contributed by atoms with Crippen molar-refractivity contribution in [3.05, 3.63) is 22.4 Å². The fourth-order valence-corrected chi connectivity index (χ4v) is 2.90. The molecule has 1 aromatic heterocycles. The molecule has 2 rings (SSSR count). The summed E-state index contributed by atoms with van der Waals surface area (Å²) < 4.78 is 0. The molecular weight excluding hydrogens is 232 g/mol. The first-order chi connectivity index (χ1) is 8.34. The fraction of sp³-hybridized carbons (Fsp3) is 0.615. The molecule has 2 heterocycles. The molecule has 0 radical (unpaired) electrons. The van der Waals surface area contributed by atoms with E-state index in [-0.39, 0.29) is 5.91 Å². The molecule has 1 amide bonds. The molecule has 3 nitrogen and oxygen atoms in total. The molecule has 94 valence electrons. The van der Waals surface area contributed by atoms with Crippen LogP contribution in [0.2, 0.25) is 0 Å². The average Bonchev–Trinajstić information content (AvgIpc) is 2.83. The molecule has 1 aromatic rings. The SMILES string of the molecule is O=C(CCCc1cccs1)N[C@@H]1CCCNC1. The highest BCUT2D eigenvalue weighted by atomic mass is 32.1. The molecule has 0 saturated carbocycles. The van der Waals surface area contributed by atoms with Gasteiger partial charge in [-0.3, -0.25) is 4.79 Å². The second-order valence-electron chi connectivity index (χ2n) is 4.54. The van der Waals surface area contributed by atoms with Crippen molar-refractivity contribution in [2.24, 2.45) is 0 Å². The lowest BCUT2D eigenvalue weighted by molar-refractivity contribution is -0.122. The molecule has 1 fully saturated rings. The van der Waals surface area contributed by atoms with Crippen LogP contribution < -0.4 is 10.6 Å². The molecule has 1 atom stereocenters. The predicted molar refractivity (Wildman–Crippen MR) is 71.3 cm³/mol. The fourth-order valence-electron chi connectivity index (χ4n) is 2.15. The van der Waals surface area contributed by atoms with Crippen LogP contribution in [0, 0.1) is 0 Å². The third kappa shape index (κ3) is 4.48. The number of rotatable bonds is 5. The Kier molecular flexibility index (Phi) is 5.01. The Morgan fingerprint density at radius 3 is 3.24 bits per heavy atom. The van der Waals surface area contributed by atoms with Gasteiger partial charge in [-0.15, -0.1) is 11.3 Å². The summed E-state index contributed by atoms with van der Waals surface area (Å²) in [7, 11) is 0. The molecule has 1 aliphatic rings. The second kappa shape index (κ2) is 6.77. The number of carbonyl (C=O) groups excluding carboxylic acids is 1. The van der Waals surface area contributed by atoms with E-state index in [1.165, 1.54) is 11.3 Å². The van der Waals surface area contributed by atoms with Gasteiger partial charge in [0.1, 0.15) is 0 Å². The predicted octanol–water partition coefficient (Wildman–Crippen LogP) is 1.94. The van der Waals surface area contributed by atoms with Crippen molar-refractivity contribution in [3.8, 4) is 0 Å². The standard InChI is InChI=1S/C13H20N2OS/c16-13(15-11-4-2-8-14-10-11)7-1-5-12-6-3-9-17-12/h3,6,9,11,14H,1-2,4-5,7-8,10H2,(H,15,16)/t11-/m1/s1. The van der Waals surface area contributed by atoms with E-state index in [9.17, 15) is 4.79 Å². The van der Waals surface area contributed by atoms with Crippen LogP contribution in [0.15, 0.2) is 17.5 Å². The van der Waals surface area contributed by atoms with Crippen molar-refractivity contribution in [2.45, 2.75) is 38.1 Å². The van der Waals surface area contributed by atoms with Gasteiger partial charge < -0.3 is 10.6 Å². The van der Waals surface area contributed by atoms with Gasteiger partial charge in [0.05, 0.1) is 0 Å². The Balaban J connectivity index is 1.60. The first-order valence-corrected chi connectivity index (χ1v) is 7.25. The van der Waals surface area contributed by atoms with Gasteiger partial charge in [0, 0.05) is 23.9 Å². The van der Waals surface area contributed by atoms with Crippen molar-refractivity contribution in [3.63, 3.8) is 0 Å². The maximum Gasteiger partial charge on any atom is 0.220 e. The minimum absolute atomic E-state index is 0.204. The zero-order valence-corrected chi connectivity index (χ0v) is 10.9. The Hall–Kier alpha value is -0.870. The number of hydrogen-bond acceptors (Lipinski definition) is 3. The summed E-state index contributed by atoms with van der Waals surface area (Å²) in [6.45, 7) is 2.02. The van der Waals surface area contributed by atoms with Crippen molar-refractivity contribution < 1.29 is 4.79 Å². The number of piperidine rings is 1. The first-order valence-electron chi connectivity index (χ1n) is 6.37. The van der Waals surface area contributed by atoms with E-state index in [2.05, 4.69) is 28.1 Å². The van der Waals surface area contributed by atoms with Gasteiger partial charge in [-0.25, -0.2) is 0 Å². The number of amides is 1. The van der Waals surface area contributed by atoms with E-state index in [4.69, 9.17) is 0 Å². The lowest BCUT2D eigenvalue weighted by Crippen LogP contribution is -2.45. The molecule has 4 heteroatoms. The zero-order valence-electron chi connectivity index (χ0n) is 10.1.